The summed E-state index contributed by atoms with van der Waals surface area (Å²) < 4.78 is 20.9. The minimum atomic E-state index is -0.600. The number of nitrogens with one attached hydrogen (secondary N) is 2. The fourth-order valence-corrected chi connectivity index (χ4v) is 5.83. The van der Waals surface area contributed by atoms with Crippen molar-refractivity contribution in [3.05, 3.63) is 59.0 Å². The van der Waals surface area contributed by atoms with E-state index < -0.39 is 11.7 Å². The highest BCUT2D eigenvalue weighted by Gasteiger charge is 2.30. The van der Waals surface area contributed by atoms with Gasteiger partial charge in [0.2, 0.25) is 0 Å². The van der Waals surface area contributed by atoms with Crippen LogP contribution in [0.4, 0.5) is 20.1 Å². The van der Waals surface area contributed by atoms with Crippen LogP contribution in [0.3, 0.4) is 0 Å². The maximum Gasteiger partial charge on any atom is 0.408 e. The van der Waals surface area contributed by atoms with Crippen molar-refractivity contribution in [2.45, 2.75) is 58.6 Å². The number of alkyl carbamates (subject to hydrolysis) is 1. The van der Waals surface area contributed by atoms with Crippen molar-refractivity contribution in [3.63, 3.8) is 0 Å². The molecule has 0 bridgehead atoms. The highest BCUT2D eigenvalue weighted by Crippen LogP contribution is 2.34. The van der Waals surface area contributed by atoms with Crippen LogP contribution >= 0.6 is 11.3 Å². The number of aromatic nitrogens is 4. The van der Waals surface area contributed by atoms with Crippen LogP contribution in [-0.2, 0) is 11.2 Å². The average molecular weight is 566 g/mol. The smallest absolute Gasteiger partial charge is 0.408 e. The Morgan fingerprint density at radius 1 is 1.20 bits per heavy atom. The monoisotopic (exact) mass is 565 g/mol. The van der Waals surface area contributed by atoms with E-state index >= 15 is 0 Å². The molecule has 1 aliphatic rings. The van der Waals surface area contributed by atoms with Gasteiger partial charge in [-0.05, 0) is 95.4 Å². The molecule has 4 heterocycles. The molecule has 9 nitrogen and oxygen atoms in total. The Morgan fingerprint density at radius 2 is 1.93 bits per heavy atom. The van der Waals surface area contributed by atoms with Crippen molar-refractivity contribution < 1.29 is 13.9 Å². The number of hydrogen-bond donors (Lipinski definition) is 2. The zero-order valence-electron chi connectivity index (χ0n) is 23.6. The number of anilines is 2. The molecular formula is C29H36FN7O2S. The maximum atomic E-state index is 13.4. The Balaban J connectivity index is 1.51. The number of aryl methyl sites for hydroxylation is 1. The molecule has 1 aromatic carbocycles. The molecule has 1 unspecified atom stereocenters. The maximum absolute atomic E-state index is 13.4. The summed E-state index contributed by atoms with van der Waals surface area (Å²) in [4.78, 5) is 24.5. The van der Waals surface area contributed by atoms with Gasteiger partial charge >= 0.3 is 6.09 Å². The van der Waals surface area contributed by atoms with Crippen LogP contribution in [-0.4, -0.2) is 51.4 Å². The molecule has 0 aliphatic carbocycles. The molecule has 1 fully saturated rings. The molecule has 212 valence electrons. The molecule has 0 radical (unpaired) electrons. The van der Waals surface area contributed by atoms with E-state index in [4.69, 9.17) is 19.8 Å². The molecule has 1 saturated heterocycles. The van der Waals surface area contributed by atoms with Crippen LogP contribution in [0.25, 0.3) is 16.9 Å². The van der Waals surface area contributed by atoms with Gasteiger partial charge in [0, 0.05) is 18.0 Å². The van der Waals surface area contributed by atoms with Crippen LogP contribution in [0.2, 0.25) is 0 Å². The molecule has 5 rings (SSSR count). The third-order valence-electron chi connectivity index (χ3n) is 6.96. The van der Waals surface area contributed by atoms with E-state index in [1.165, 1.54) is 23.5 Å². The fraction of sp³-hybridized carbons (Fsp3) is 0.448. The second-order valence-electron chi connectivity index (χ2n) is 11.1. The standard InChI is InChI=1S/C29H36FN7O2S/c1-6-21-26(36(5)27-33-23(17-40-27)18-7-9-20(30)10-8-18)37-24(32-21)12-11-22(35-37)25(19-13-15-31-16-14-19)34-28(38)39-29(2,3)4/h7-12,17,19,25,31H,6,13-16H2,1-5H3,(H,34,38). The van der Waals surface area contributed by atoms with Crippen LogP contribution in [0.15, 0.2) is 41.8 Å². The third-order valence-corrected chi connectivity index (χ3v) is 7.88. The molecule has 3 aromatic heterocycles. The Morgan fingerprint density at radius 3 is 2.60 bits per heavy atom. The highest BCUT2D eigenvalue weighted by molar-refractivity contribution is 7.14. The summed E-state index contributed by atoms with van der Waals surface area (Å²) in [5.41, 5.74) is 3.40. The quantitative estimate of drug-likeness (QED) is 0.289. The topological polar surface area (TPSA) is 96.7 Å². The van der Waals surface area contributed by atoms with E-state index in [2.05, 4.69) is 17.6 Å². The van der Waals surface area contributed by atoms with Crippen molar-refractivity contribution in [1.82, 2.24) is 30.2 Å². The highest BCUT2D eigenvalue weighted by atomic mass is 32.1. The number of halogens is 1. The molecule has 1 aliphatic heterocycles. The van der Waals surface area contributed by atoms with Crippen molar-refractivity contribution in [1.29, 1.82) is 0 Å². The Labute approximate surface area is 237 Å². The van der Waals surface area contributed by atoms with Gasteiger partial charge in [-0.15, -0.1) is 11.3 Å². The van der Waals surface area contributed by atoms with Gasteiger partial charge in [0.05, 0.1) is 23.1 Å². The molecule has 4 aromatic rings. The van der Waals surface area contributed by atoms with Crippen molar-refractivity contribution >= 4 is 34.0 Å². The van der Waals surface area contributed by atoms with E-state index in [9.17, 15) is 9.18 Å². The summed E-state index contributed by atoms with van der Waals surface area (Å²) >= 11 is 1.50. The fourth-order valence-electron chi connectivity index (χ4n) is 5.03. The first-order valence-electron chi connectivity index (χ1n) is 13.7. The van der Waals surface area contributed by atoms with Crippen LogP contribution < -0.4 is 15.5 Å². The van der Waals surface area contributed by atoms with Crippen LogP contribution in [0.1, 0.15) is 58.0 Å². The number of nitrogens with zero attached hydrogens (tertiary/aromatic N) is 5. The van der Waals surface area contributed by atoms with E-state index in [-0.39, 0.29) is 17.8 Å². The number of rotatable bonds is 7. The normalized spacial score (nSPS) is 15.2. The van der Waals surface area contributed by atoms with Crippen molar-refractivity contribution in [2.24, 2.45) is 5.92 Å². The van der Waals surface area contributed by atoms with E-state index in [0.29, 0.717) is 6.42 Å². The number of ether oxygens (including phenoxy) is 1. The number of carbonyl (C=O) groups excluding carboxylic acids is 1. The van der Waals surface area contributed by atoms with Gasteiger partial charge in [0.1, 0.15) is 11.4 Å². The van der Waals surface area contributed by atoms with Gasteiger partial charge in [-0.3, -0.25) is 0 Å². The third kappa shape index (κ3) is 6.10. The first-order valence-corrected chi connectivity index (χ1v) is 14.5. The lowest BCUT2D eigenvalue weighted by Crippen LogP contribution is -2.41. The molecule has 1 amide bonds. The van der Waals surface area contributed by atoms with Gasteiger partial charge in [-0.2, -0.15) is 9.61 Å². The van der Waals surface area contributed by atoms with E-state index in [0.717, 1.165) is 65.2 Å². The summed E-state index contributed by atoms with van der Waals surface area (Å²) in [6, 6.07) is 9.93. The second-order valence-corrected chi connectivity index (χ2v) is 11.9. The number of hydrogen-bond acceptors (Lipinski definition) is 8. The number of amides is 1. The first-order chi connectivity index (χ1) is 19.1. The number of thiazole rings is 1. The second kappa shape index (κ2) is 11.5. The number of fused-ring (bicyclic) bond motifs is 1. The average Bonchev–Trinajstić information content (AvgIpc) is 3.56. The molecule has 1 atom stereocenters. The summed E-state index contributed by atoms with van der Waals surface area (Å²) in [7, 11) is 1.95. The minimum Gasteiger partial charge on any atom is -0.444 e. The zero-order valence-corrected chi connectivity index (χ0v) is 24.4. The molecule has 11 heteroatoms. The van der Waals surface area contributed by atoms with Gasteiger partial charge < -0.3 is 20.3 Å². The Kier molecular flexibility index (Phi) is 8.04. The number of benzene rings is 1. The largest absolute Gasteiger partial charge is 0.444 e. The van der Waals surface area contributed by atoms with Gasteiger partial charge in [-0.1, -0.05) is 6.92 Å². The summed E-state index contributed by atoms with van der Waals surface area (Å²) in [6.07, 6.45) is 2.10. The lowest BCUT2D eigenvalue weighted by atomic mass is 9.88. The van der Waals surface area contributed by atoms with E-state index in [1.807, 2.05) is 54.7 Å². The van der Waals surface area contributed by atoms with Crippen molar-refractivity contribution in [2.75, 3.05) is 25.0 Å². The lowest BCUT2D eigenvalue weighted by molar-refractivity contribution is 0.0475. The molecule has 0 saturated carbocycles. The molecule has 0 spiro atoms. The molecule has 40 heavy (non-hydrogen) atoms. The molecule has 2 N–H and O–H groups in total. The first kappa shape index (κ1) is 28.0. The molecular weight excluding hydrogens is 529 g/mol. The predicted octanol–water partition coefficient (Wildman–Crippen LogP) is 5.89. The summed E-state index contributed by atoms with van der Waals surface area (Å²) in [6.45, 7) is 9.41. The summed E-state index contributed by atoms with van der Waals surface area (Å²) in [5, 5.41) is 14.3. The van der Waals surface area contributed by atoms with Crippen LogP contribution in [0, 0.1) is 11.7 Å². The lowest BCUT2D eigenvalue weighted by Gasteiger charge is -2.31. The van der Waals surface area contributed by atoms with Crippen LogP contribution in [0.5, 0.6) is 0 Å². The van der Waals surface area contributed by atoms with Gasteiger partial charge in [-0.25, -0.2) is 19.2 Å². The van der Waals surface area contributed by atoms with Crippen molar-refractivity contribution in [3.8, 4) is 11.3 Å². The Hall–Kier alpha value is -3.57. The Bertz CT molecular complexity index is 1470. The van der Waals surface area contributed by atoms with E-state index in [1.54, 1.807) is 12.1 Å². The van der Waals surface area contributed by atoms with Gasteiger partial charge in [0.25, 0.3) is 0 Å². The van der Waals surface area contributed by atoms with Gasteiger partial charge in [0.15, 0.2) is 16.6 Å². The zero-order chi connectivity index (χ0) is 28.4. The number of piperidine rings is 1. The minimum absolute atomic E-state index is 0.214. The number of carbonyl (C=O) groups is 1. The number of imidazole rings is 1. The predicted molar refractivity (Wildman–Crippen MR) is 156 cm³/mol. The summed E-state index contributed by atoms with van der Waals surface area (Å²) in [5.74, 6) is 0.757. The SMILES string of the molecule is CCc1nc2ccc(C(NC(=O)OC(C)(C)C)C3CCNCC3)nn2c1N(C)c1nc(-c2ccc(F)cc2)cs1.